The fourth-order valence-corrected chi connectivity index (χ4v) is 3.01. The van der Waals surface area contributed by atoms with Gasteiger partial charge in [-0.1, -0.05) is 0 Å². The summed E-state index contributed by atoms with van der Waals surface area (Å²) in [4.78, 5) is 16.0. The number of carbonyl (C=O) groups is 1. The summed E-state index contributed by atoms with van der Waals surface area (Å²) < 4.78 is 13.1. The molecule has 0 unspecified atom stereocenters. The Hall–Kier alpha value is -2.12. The average molecular weight is 334 g/mol. The van der Waals surface area contributed by atoms with Crippen molar-refractivity contribution in [3.63, 3.8) is 0 Å². The van der Waals surface area contributed by atoms with Gasteiger partial charge in [0.05, 0.1) is 18.4 Å². The van der Waals surface area contributed by atoms with E-state index < -0.39 is 11.6 Å². The number of hydrogen-bond acceptors (Lipinski definition) is 5. The standard InChI is InChI=1S/C17H22N2O5/c1-11(2)24-13-7-15-18-14(9-19(15)8-12(13)16(21)22)17(10-20)5-3-4-6-23-17/h7-9,11,20H,3-6,10H2,1-2H3,(H,21,22)/t17-/m1/s1. The van der Waals surface area contributed by atoms with Crippen molar-refractivity contribution in [1.82, 2.24) is 9.38 Å². The lowest BCUT2D eigenvalue weighted by molar-refractivity contribution is -0.116. The zero-order valence-electron chi connectivity index (χ0n) is 13.9. The minimum absolute atomic E-state index is 0.0720. The number of imidazole rings is 1. The highest BCUT2D eigenvalue weighted by Gasteiger charge is 2.37. The van der Waals surface area contributed by atoms with Crippen molar-refractivity contribution in [2.75, 3.05) is 13.2 Å². The molecule has 0 aliphatic carbocycles. The first-order valence-corrected chi connectivity index (χ1v) is 8.13. The number of fused-ring (bicyclic) bond motifs is 1. The summed E-state index contributed by atoms with van der Waals surface area (Å²) in [6.45, 7) is 4.10. The summed E-state index contributed by atoms with van der Waals surface area (Å²) >= 11 is 0. The van der Waals surface area contributed by atoms with Crippen LogP contribution in [0.15, 0.2) is 18.5 Å². The zero-order valence-corrected chi connectivity index (χ0v) is 13.9. The van der Waals surface area contributed by atoms with E-state index in [1.54, 1.807) is 16.7 Å². The predicted octanol–water partition coefficient (Wildman–Crippen LogP) is 2.21. The van der Waals surface area contributed by atoms with Gasteiger partial charge >= 0.3 is 5.97 Å². The van der Waals surface area contributed by atoms with Gasteiger partial charge in [-0.25, -0.2) is 9.78 Å². The first kappa shape index (κ1) is 16.7. The van der Waals surface area contributed by atoms with E-state index in [0.717, 1.165) is 12.8 Å². The Bertz CT molecular complexity index is 747. The first-order chi connectivity index (χ1) is 11.4. The maximum Gasteiger partial charge on any atom is 0.341 e. The molecule has 0 saturated carbocycles. The molecule has 1 aliphatic rings. The molecule has 2 N–H and O–H groups in total. The van der Waals surface area contributed by atoms with Gasteiger partial charge in [-0.05, 0) is 33.1 Å². The molecule has 0 radical (unpaired) electrons. The van der Waals surface area contributed by atoms with Crippen molar-refractivity contribution in [2.45, 2.75) is 44.8 Å². The highest BCUT2D eigenvalue weighted by atomic mass is 16.5. The molecule has 130 valence electrons. The smallest absolute Gasteiger partial charge is 0.341 e. The summed E-state index contributed by atoms with van der Waals surface area (Å²) in [6, 6.07) is 1.61. The van der Waals surface area contributed by atoms with E-state index in [9.17, 15) is 15.0 Å². The van der Waals surface area contributed by atoms with Crippen LogP contribution in [0.25, 0.3) is 5.65 Å². The van der Waals surface area contributed by atoms with Crippen LogP contribution in [-0.4, -0.2) is 44.9 Å². The Morgan fingerprint density at radius 2 is 2.25 bits per heavy atom. The van der Waals surface area contributed by atoms with Crippen LogP contribution in [0.3, 0.4) is 0 Å². The van der Waals surface area contributed by atoms with Crippen LogP contribution in [0, 0.1) is 0 Å². The van der Waals surface area contributed by atoms with E-state index in [0.29, 0.717) is 24.4 Å². The molecular formula is C17H22N2O5. The number of aromatic nitrogens is 2. The third kappa shape index (κ3) is 2.97. The summed E-state index contributed by atoms with van der Waals surface area (Å²) in [5.74, 6) is -0.779. The number of carboxylic acids is 1. The molecular weight excluding hydrogens is 312 g/mol. The van der Waals surface area contributed by atoms with Gasteiger partial charge in [0.25, 0.3) is 0 Å². The lowest BCUT2D eigenvalue weighted by Crippen LogP contribution is -2.37. The minimum atomic E-state index is -1.06. The normalized spacial score (nSPS) is 21.3. The highest BCUT2D eigenvalue weighted by molar-refractivity contribution is 5.91. The Balaban J connectivity index is 2.08. The van der Waals surface area contributed by atoms with Crippen molar-refractivity contribution in [1.29, 1.82) is 0 Å². The number of hydrogen-bond donors (Lipinski definition) is 2. The Morgan fingerprint density at radius 3 is 2.83 bits per heavy atom. The number of aliphatic hydroxyl groups excluding tert-OH is 1. The van der Waals surface area contributed by atoms with Crippen molar-refractivity contribution in [2.24, 2.45) is 0 Å². The Morgan fingerprint density at radius 1 is 1.46 bits per heavy atom. The lowest BCUT2D eigenvalue weighted by Gasteiger charge is -2.34. The van der Waals surface area contributed by atoms with E-state index in [1.807, 2.05) is 13.8 Å². The molecule has 1 atom stereocenters. The summed E-state index contributed by atoms with van der Waals surface area (Å²) in [7, 11) is 0. The molecule has 7 nitrogen and oxygen atoms in total. The number of aliphatic hydroxyl groups is 1. The van der Waals surface area contributed by atoms with Crippen LogP contribution >= 0.6 is 0 Å². The first-order valence-electron chi connectivity index (χ1n) is 8.13. The van der Waals surface area contributed by atoms with E-state index in [-0.39, 0.29) is 24.0 Å². The summed E-state index contributed by atoms with van der Waals surface area (Å²) in [5, 5.41) is 19.3. The number of ether oxygens (including phenoxy) is 2. The lowest BCUT2D eigenvalue weighted by atomic mass is 9.92. The molecule has 1 aliphatic heterocycles. The molecule has 7 heteroatoms. The van der Waals surface area contributed by atoms with Gasteiger partial charge in [-0.15, -0.1) is 0 Å². The number of aromatic carboxylic acids is 1. The van der Waals surface area contributed by atoms with Crippen molar-refractivity contribution >= 4 is 11.6 Å². The molecule has 1 fully saturated rings. The Kier molecular flexibility index (Phi) is 4.47. The fourth-order valence-electron chi connectivity index (χ4n) is 3.01. The van der Waals surface area contributed by atoms with Crippen LogP contribution in [0.2, 0.25) is 0 Å². The average Bonchev–Trinajstić information content (AvgIpc) is 2.97. The van der Waals surface area contributed by atoms with Gasteiger partial charge < -0.3 is 24.1 Å². The third-order valence-corrected chi connectivity index (χ3v) is 4.22. The minimum Gasteiger partial charge on any atom is -0.490 e. The van der Waals surface area contributed by atoms with Gasteiger partial charge in [0.15, 0.2) is 0 Å². The van der Waals surface area contributed by atoms with E-state index in [2.05, 4.69) is 4.98 Å². The monoisotopic (exact) mass is 334 g/mol. The quantitative estimate of drug-likeness (QED) is 0.871. The van der Waals surface area contributed by atoms with Gasteiger partial charge in [-0.3, -0.25) is 0 Å². The number of carboxylic acid groups (broad SMARTS) is 1. The number of nitrogens with zero attached hydrogens (tertiary/aromatic N) is 2. The zero-order chi connectivity index (χ0) is 17.3. The topological polar surface area (TPSA) is 93.3 Å². The maximum absolute atomic E-state index is 11.5. The summed E-state index contributed by atoms with van der Waals surface area (Å²) in [5.41, 5.74) is 0.436. The SMILES string of the molecule is CC(C)Oc1cc2nc([C@]3(CO)CCCCO3)cn2cc1C(=O)O. The molecule has 2 aromatic heterocycles. The highest BCUT2D eigenvalue weighted by Crippen LogP contribution is 2.35. The van der Waals surface area contributed by atoms with E-state index in [4.69, 9.17) is 9.47 Å². The van der Waals surface area contributed by atoms with E-state index >= 15 is 0 Å². The second kappa shape index (κ2) is 6.41. The fraction of sp³-hybridized carbons (Fsp3) is 0.529. The molecule has 0 bridgehead atoms. The van der Waals surface area contributed by atoms with Gasteiger partial charge in [0.2, 0.25) is 0 Å². The number of pyridine rings is 1. The third-order valence-electron chi connectivity index (χ3n) is 4.22. The molecule has 24 heavy (non-hydrogen) atoms. The second-order valence-electron chi connectivity index (χ2n) is 6.37. The molecule has 1 saturated heterocycles. The van der Waals surface area contributed by atoms with Crippen LogP contribution in [0.5, 0.6) is 5.75 Å². The van der Waals surface area contributed by atoms with Gasteiger partial charge in [0.1, 0.15) is 22.6 Å². The van der Waals surface area contributed by atoms with Gasteiger partial charge in [-0.2, -0.15) is 0 Å². The van der Waals surface area contributed by atoms with Crippen molar-refractivity contribution in [3.8, 4) is 5.75 Å². The second-order valence-corrected chi connectivity index (χ2v) is 6.37. The van der Waals surface area contributed by atoms with Crippen LogP contribution in [0.4, 0.5) is 0 Å². The van der Waals surface area contributed by atoms with E-state index in [1.165, 1.54) is 6.20 Å². The molecule has 0 spiro atoms. The molecule has 0 amide bonds. The predicted molar refractivity (Wildman–Crippen MR) is 86.5 cm³/mol. The summed E-state index contributed by atoms with van der Waals surface area (Å²) in [6.07, 6.45) is 5.67. The van der Waals surface area contributed by atoms with Crippen LogP contribution < -0.4 is 4.74 Å². The maximum atomic E-state index is 11.5. The molecule has 2 aromatic rings. The number of rotatable bonds is 5. The van der Waals surface area contributed by atoms with Crippen LogP contribution in [0.1, 0.15) is 49.2 Å². The van der Waals surface area contributed by atoms with Crippen LogP contribution in [-0.2, 0) is 10.3 Å². The van der Waals surface area contributed by atoms with Crippen molar-refractivity contribution in [3.05, 3.63) is 29.7 Å². The molecule has 0 aromatic carbocycles. The van der Waals surface area contributed by atoms with Gasteiger partial charge in [0, 0.05) is 25.1 Å². The largest absolute Gasteiger partial charge is 0.490 e. The van der Waals surface area contributed by atoms with Crippen molar-refractivity contribution < 1.29 is 24.5 Å². The Labute approximate surface area is 139 Å². The molecule has 3 heterocycles. The molecule has 3 rings (SSSR count).